The van der Waals surface area contributed by atoms with Crippen molar-refractivity contribution < 1.29 is 9.53 Å². The molecule has 162 valence electrons. The fourth-order valence-corrected chi connectivity index (χ4v) is 3.15. The van der Waals surface area contributed by atoms with Gasteiger partial charge in [-0.25, -0.2) is 4.68 Å². The van der Waals surface area contributed by atoms with Crippen LogP contribution in [-0.2, 0) is 6.54 Å². The Morgan fingerprint density at radius 1 is 1.00 bits per heavy atom. The van der Waals surface area contributed by atoms with Crippen molar-refractivity contribution >= 4 is 11.6 Å². The molecule has 2 aromatic carbocycles. The smallest absolute Gasteiger partial charge is 0.276 e. The van der Waals surface area contributed by atoms with Gasteiger partial charge in [0.1, 0.15) is 18.1 Å². The predicted molar refractivity (Wildman–Crippen MR) is 122 cm³/mol. The summed E-state index contributed by atoms with van der Waals surface area (Å²) < 4.78 is 7.19. The van der Waals surface area contributed by atoms with E-state index in [1.54, 1.807) is 6.07 Å². The topological polar surface area (TPSA) is 76.5 Å². The van der Waals surface area contributed by atoms with Crippen LogP contribution in [0.15, 0.2) is 71.5 Å². The average Bonchev–Trinajstić information content (AvgIpc) is 2.80. The molecular weight excluding hydrogens is 392 g/mol. The van der Waals surface area contributed by atoms with Gasteiger partial charge >= 0.3 is 0 Å². The second-order valence-corrected chi connectivity index (χ2v) is 7.03. The van der Waals surface area contributed by atoms with E-state index in [0.717, 1.165) is 25.2 Å². The summed E-state index contributed by atoms with van der Waals surface area (Å²) in [6.45, 7) is 7.77. The maximum absolute atomic E-state index is 12.8. The Morgan fingerprint density at radius 2 is 1.71 bits per heavy atom. The van der Waals surface area contributed by atoms with Crippen LogP contribution < -0.4 is 15.6 Å². The zero-order valence-corrected chi connectivity index (χ0v) is 18.0. The van der Waals surface area contributed by atoms with Gasteiger partial charge in [0.05, 0.1) is 12.2 Å². The van der Waals surface area contributed by atoms with Crippen LogP contribution in [0.4, 0.5) is 5.69 Å². The van der Waals surface area contributed by atoms with Crippen molar-refractivity contribution in [1.82, 2.24) is 14.7 Å². The van der Waals surface area contributed by atoms with Gasteiger partial charge in [-0.2, -0.15) is 5.10 Å². The van der Waals surface area contributed by atoms with Crippen LogP contribution in [0.5, 0.6) is 5.75 Å². The Hall–Kier alpha value is -3.45. The number of carbonyl (C=O) groups is 1. The van der Waals surface area contributed by atoms with E-state index in [-0.39, 0.29) is 11.3 Å². The number of hydrogen-bond donors (Lipinski definition) is 1. The van der Waals surface area contributed by atoms with Crippen molar-refractivity contribution in [3.05, 3.63) is 88.3 Å². The van der Waals surface area contributed by atoms with Gasteiger partial charge < -0.3 is 15.0 Å². The van der Waals surface area contributed by atoms with Crippen molar-refractivity contribution in [3.8, 4) is 5.75 Å². The van der Waals surface area contributed by atoms with Crippen molar-refractivity contribution in [1.29, 1.82) is 0 Å². The molecule has 0 aliphatic carbocycles. The van der Waals surface area contributed by atoms with E-state index in [4.69, 9.17) is 4.74 Å². The van der Waals surface area contributed by atoms with Gasteiger partial charge in [-0.3, -0.25) is 9.59 Å². The van der Waals surface area contributed by atoms with E-state index in [1.807, 2.05) is 48.5 Å². The van der Waals surface area contributed by atoms with Crippen LogP contribution in [0, 0.1) is 0 Å². The number of carbonyl (C=O) groups excluding carboxylic acids is 1. The number of benzene rings is 2. The molecule has 7 nitrogen and oxygen atoms in total. The Balaban J connectivity index is 1.70. The van der Waals surface area contributed by atoms with E-state index in [1.165, 1.54) is 16.8 Å². The number of amides is 1. The van der Waals surface area contributed by atoms with Crippen molar-refractivity contribution in [2.75, 3.05) is 31.6 Å². The second kappa shape index (κ2) is 11.1. The molecule has 31 heavy (non-hydrogen) atoms. The number of likely N-dealkylation sites (N-methyl/N-ethyl adjacent to an activating group) is 1. The van der Waals surface area contributed by atoms with Crippen LogP contribution in [0.2, 0.25) is 0 Å². The van der Waals surface area contributed by atoms with Gasteiger partial charge in [0.15, 0.2) is 0 Å². The molecule has 0 atom stereocenters. The lowest BCUT2D eigenvalue weighted by atomic mass is 10.2. The van der Waals surface area contributed by atoms with Crippen LogP contribution in [0.3, 0.4) is 0 Å². The minimum Gasteiger partial charge on any atom is -0.490 e. The highest BCUT2D eigenvalue weighted by molar-refractivity contribution is 6.03. The summed E-state index contributed by atoms with van der Waals surface area (Å²) in [6.07, 6.45) is 0. The van der Waals surface area contributed by atoms with Gasteiger partial charge in [0, 0.05) is 12.6 Å². The third kappa shape index (κ3) is 6.26. The normalized spacial score (nSPS) is 10.8. The SMILES string of the molecule is CCN(CC)CCOc1ccccc1NC(=O)c1ccc(=O)n(Cc2ccccc2)n1. The van der Waals surface area contributed by atoms with Gasteiger partial charge in [0.25, 0.3) is 11.5 Å². The zero-order chi connectivity index (χ0) is 22.1. The molecule has 7 heteroatoms. The summed E-state index contributed by atoms with van der Waals surface area (Å²) >= 11 is 0. The molecule has 1 N–H and O–H groups in total. The van der Waals surface area contributed by atoms with Gasteiger partial charge in [0.2, 0.25) is 0 Å². The Bertz CT molecular complexity index is 1050. The second-order valence-electron chi connectivity index (χ2n) is 7.03. The Kier molecular flexibility index (Phi) is 7.95. The molecule has 0 fully saturated rings. The number of rotatable bonds is 10. The fourth-order valence-electron chi connectivity index (χ4n) is 3.15. The number of anilines is 1. The van der Waals surface area contributed by atoms with Crippen molar-refractivity contribution in [2.45, 2.75) is 20.4 Å². The Morgan fingerprint density at radius 3 is 2.45 bits per heavy atom. The van der Waals surface area contributed by atoms with E-state index in [0.29, 0.717) is 24.6 Å². The van der Waals surface area contributed by atoms with Crippen molar-refractivity contribution in [2.24, 2.45) is 0 Å². The first kappa shape index (κ1) is 22.2. The summed E-state index contributed by atoms with van der Waals surface area (Å²) in [4.78, 5) is 27.2. The molecule has 1 aromatic heterocycles. The molecule has 0 bridgehead atoms. The number of nitrogens with zero attached hydrogens (tertiary/aromatic N) is 3. The highest BCUT2D eigenvalue weighted by Gasteiger charge is 2.13. The minimum absolute atomic E-state index is 0.161. The van der Waals surface area contributed by atoms with Crippen molar-refractivity contribution in [3.63, 3.8) is 0 Å². The van der Waals surface area contributed by atoms with Crippen LogP contribution in [-0.4, -0.2) is 46.8 Å². The van der Waals surface area contributed by atoms with Crippen LogP contribution in [0.25, 0.3) is 0 Å². The lowest BCUT2D eigenvalue weighted by molar-refractivity contribution is 0.101. The van der Waals surface area contributed by atoms with Crippen LogP contribution in [0.1, 0.15) is 29.9 Å². The molecule has 0 aliphatic rings. The largest absolute Gasteiger partial charge is 0.490 e. The number of aromatic nitrogens is 2. The number of ether oxygens (including phenoxy) is 1. The lowest BCUT2D eigenvalue weighted by Gasteiger charge is -2.19. The first-order chi connectivity index (χ1) is 15.1. The maximum atomic E-state index is 12.8. The molecule has 0 radical (unpaired) electrons. The van der Waals surface area contributed by atoms with Gasteiger partial charge in [-0.05, 0) is 36.9 Å². The van der Waals surface area contributed by atoms with Crippen LogP contribution >= 0.6 is 0 Å². The standard InChI is InChI=1S/C24H28N4O3/c1-3-27(4-2)16-17-31-22-13-9-8-12-20(22)25-24(30)21-14-15-23(29)28(26-21)18-19-10-6-5-7-11-19/h5-15H,3-4,16-18H2,1-2H3,(H,25,30). The molecular formula is C24H28N4O3. The highest BCUT2D eigenvalue weighted by atomic mass is 16.5. The Labute approximate surface area is 182 Å². The third-order valence-electron chi connectivity index (χ3n) is 4.97. The predicted octanol–water partition coefficient (Wildman–Crippen LogP) is 3.26. The van der Waals surface area contributed by atoms with Gasteiger partial charge in [-0.15, -0.1) is 0 Å². The molecule has 0 saturated carbocycles. The first-order valence-electron chi connectivity index (χ1n) is 10.5. The molecule has 1 amide bonds. The molecule has 0 spiro atoms. The molecule has 3 aromatic rings. The zero-order valence-electron chi connectivity index (χ0n) is 18.0. The highest BCUT2D eigenvalue weighted by Crippen LogP contribution is 2.24. The van der Waals surface area contributed by atoms with E-state index in [2.05, 4.69) is 29.2 Å². The molecule has 0 unspecified atom stereocenters. The summed E-state index contributed by atoms with van der Waals surface area (Å²) in [6, 6.07) is 19.6. The first-order valence-corrected chi connectivity index (χ1v) is 10.5. The third-order valence-corrected chi connectivity index (χ3v) is 4.97. The monoisotopic (exact) mass is 420 g/mol. The number of para-hydroxylation sites is 2. The summed E-state index contributed by atoms with van der Waals surface area (Å²) in [7, 11) is 0. The summed E-state index contributed by atoms with van der Waals surface area (Å²) in [5.74, 6) is 0.196. The molecule has 0 saturated heterocycles. The van der Waals surface area contributed by atoms with E-state index >= 15 is 0 Å². The number of hydrogen-bond acceptors (Lipinski definition) is 5. The fraction of sp³-hybridized carbons (Fsp3) is 0.292. The van der Waals surface area contributed by atoms with E-state index in [9.17, 15) is 9.59 Å². The molecule has 3 rings (SSSR count). The molecule has 0 aliphatic heterocycles. The van der Waals surface area contributed by atoms with Gasteiger partial charge in [-0.1, -0.05) is 56.3 Å². The summed E-state index contributed by atoms with van der Waals surface area (Å²) in [5.41, 5.74) is 1.39. The van der Waals surface area contributed by atoms with E-state index < -0.39 is 5.91 Å². The maximum Gasteiger partial charge on any atom is 0.276 e. The molecule has 1 heterocycles. The average molecular weight is 421 g/mol. The quantitative estimate of drug-likeness (QED) is 0.545. The summed E-state index contributed by atoms with van der Waals surface area (Å²) in [5, 5.41) is 7.09. The number of nitrogens with one attached hydrogen (secondary N) is 1. The lowest BCUT2D eigenvalue weighted by Crippen LogP contribution is -2.28. The minimum atomic E-state index is -0.401.